The summed E-state index contributed by atoms with van der Waals surface area (Å²) in [5, 5.41) is 9.94. The largest absolute Gasteiger partial charge is 0.507 e. The minimum Gasteiger partial charge on any atom is -0.507 e. The summed E-state index contributed by atoms with van der Waals surface area (Å²) in [6.07, 6.45) is 3.50. The summed E-state index contributed by atoms with van der Waals surface area (Å²) in [5.41, 5.74) is 1.02. The van der Waals surface area contributed by atoms with Crippen LogP contribution in [0.15, 0.2) is 12.1 Å². The number of carbonyl (C=O) groups is 1. The number of methoxy groups -OCH3 is 1. The van der Waals surface area contributed by atoms with Gasteiger partial charge < -0.3 is 9.84 Å². The van der Waals surface area contributed by atoms with Crippen molar-refractivity contribution in [1.29, 1.82) is 0 Å². The van der Waals surface area contributed by atoms with Gasteiger partial charge in [0.25, 0.3) is 0 Å². The molecule has 0 aliphatic rings. The molecule has 3 heteroatoms. The van der Waals surface area contributed by atoms with Crippen LogP contribution in [0.25, 0.3) is 0 Å². The lowest BCUT2D eigenvalue weighted by molar-refractivity contribution is 0.0976. The monoisotopic (exact) mass is 236 g/mol. The molecule has 0 aliphatic heterocycles. The third-order valence-corrected chi connectivity index (χ3v) is 2.91. The quantitative estimate of drug-likeness (QED) is 0.607. The summed E-state index contributed by atoms with van der Waals surface area (Å²) in [7, 11) is 1.55. The van der Waals surface area contributed by atoms with Crippen LogP contribution < -0.4 is 4.74 Å². The highest BCUT2D eigenvalue weighted by Gasteiger charge is 2.15. The van der Waals surface area contributed by atoms with Gasteiger partial charge in [-0.2, -0.15) is 0 Å². The molecular weight excluding hydrogens is 216 g/mol. The fraction of sp³-hybridized carbons (Fsp3) is 0.500. The molecule has 0 fully saturated rings. The topological polar surface area (TPSA) is 46.5 Å². The van der Waals surface area contributed by atoms with E-state index in [1.165, 1.54) is 0 Å². The Kier molecular flexibility index (Phi) is 5.01. The van der Waals surface area contributed by atoms with E-state index >= 15 is 0 Å². The van der Waals surface area contributed by atoms with E-state index in [1.54, 1.807) is 26.2 Å². The zero-order valence-electron chi connectivity index (χ0n) is 10.7. The van der Waals surface area contributed by atoms with Gasteiger partial charge in [-0.15, -0.1) is 0 Å². The Bertz CT molecular complexity index is 397. The molecule has 17 heavy (non-hydrogen) atoms. The number of unbranched alkanes of at least 4 members (excludes halogenated alkanes) is 2. The number of Topliss-reactive ketones (excluding diaryl/α,β-unsaturated/α-hetero) is 1. The standard InChI is InChI=1S/C14H20O3/c1-4-5-6-7-12(15)11-8-9-13(17-3)10(2)14(11)16/h8-9,16H,4-7H2,1-3H3. The van der Waals surface area contributed by atoms with Crippen molar-refractivity contribution in [3.8, 4) is 11.5 Å². The van der Waals surface area contributed by atoms with Gasteiger partial charge in [0, 0.05) is 12.0 Å². The summed E-state index contributed by atoms with van der Waals surface area (Å²) in [5.74, 6) is 0.653. The van der Waals surface area contributed by atoms with Gasteiger partial charge >= 0.3 is 0 Å². The Balaban J connectivity index is 2.84. The number of ether oxygens (including phenoxy) is 1. The predicted octanol–water partition coefficient (Wildman–Crippen LogP) is 3.47. The number of phenolic OH excluding ortho intramolecular Hbond substituents is 1. The molecule has 94 valence electrons. The van der Waals surface area contributed by atoms with E-state index in [4.69, 9.17) is 4.74 Å². The van der Waals surface area contributed by atoms with Crippen LogP contribution in [-0.4, -0.2) is 18.0 Å². The minimum atomic E-state index is 0.00158. The molecule has 0 unspecified atom stereocenters. The van der Waals surface area contributed by atoms with Gasteiger partial charge in [-0.1, -0.05) is 19.8 Å². The number of hydrogen-bond acceptors (Lipinski definition) is 3. The van der Waals surface area contributed by atoms with Crippen molar-refractivity contribution in [2.75, 3.05) is 7.11 Å². The molecular formula is C14H20O3. The summed E-state index contributed by atoms with van der Waals surface area (Å²) in [6.45, 7) is 3.84. The second-order valence-corrected chi connectivity index (χ2v) is 4.17. The molecule has 0 aliphatic carbocycles. The van der Waals surface area contributed by atoms with Gasteiger partial charge in [0.2, 0.25) is 0 Å². The van der Waals surface area contributed by atoms with Crippen LogP contribution in [0, 0.1) is 6.92 Å². The van der Waals surface area contributed by atoms with Crippen molar-refractivity contribution in [3.63, 3.8) is 0 Å². The fourth-order valence-corrected chi connectivity index (χ4v) is 1.80. The number of hydrogen-bond donors (Lipinski definition) is 1. The van der Waals surface area contributed by atoms with Crippen LogP contribution >= 0.6 is 0 Å². The molecule has 0 radical (unpaired) electrons. The first kappa shape index (κ1) is 13.6. The maximum absolute atomic E-state index is 11.9. The van der Waals surface area contributed by atoms with Crippen LogP contribution in [0.3, 0.4) is 0 Å². The summed E-state index contributed by atoms with van der Waals surface area (Å²) >= 11 is 0. The fourth-order valence-electron chi connectivity index (χ4n) is 1.80. The number of carbonyl (C=O) groups excluding carboxylic acids is 1. The first-order chi connectivity index (χ1) is 8.11. The molecule has 0 saturated carbocycles. The van der Waals surface area contributed by atoms with Crippen molar-refractivity contribution in [2.24, 2.45) is 0 Å². The highest BCUT2D eigenvalue weighted by atomic mass is 16.5. The molecule has 0 saturated heterocycles. The van der Waals surface area contributed by atoms with Gasteiger partial charge in [-0.3, -0.25) is 4.79 Å². The number of rotatable bonds is 6. The average molecular weight is 236 g/mol. The zero-order chi connectivity index (χ0) is 12.8. The Morgan fingerprint density at radius 2 is 2.06 bits per heavy atom. The van der Waals surface area contributed by atoms with Gasteiger partial charge in [0.05, 0.1) is 12.7 Å². The Morgan fingerprint density at radius 1 is 1.35 bits per heavy atom. The van der Waals surface area contributed by atoms with E-state index in [9.17, 15) is 9.90 Å². The second kappa shape index (κ2) is 6.28. The van der Waals surface area contributed by atoms with Gasteiger partial charge in [-0.25, -0.2) is 0 Å². The van der Waals surface area contributed by atoms with E-state index in [1.807, 2.05) is 0 Å². The third kappa shape index (κ3) is 3.22. The minimum absolute atomic E-state index is 0.00158. The van der Waals surface area contributed by atoms with Crippen molar-refractivity contribution in [1.82, 2.24) is 0 Å². The molecule has 1 rings (SSSR count). The van der Waals surface area contributed by atoms with E-state index in [0.717, 1.165) is 19.3 Å². The first-order valence-corrected chi connectivity index (χ1v) is 6.01. The van der Waals surface area contributed by atoms with Crippen molar-refractivity contribution in [3.05, 3.63) is 23.3 Å². The maximum Gasteiger partial charge on any atom is 0.166 e. The predicted molar refractivity (Wildman–Crippen MR) is 67.9 cm³/mol. The summed E-state index contributed by atoms with van der Waals surface area (Å²) < 4.78 is 5.09. The summed E-state index contributed by atoms with van der Waals surface area (Å²) in [6, 6.07) is 3.36. The van der Waals surface area contributed by atoms with Crippen LogP contribution in [0.2, 0.25) is 0 Å². The van der Waals surface area contributed by atoms with Crippen LogP contribution in [0.5, 0.6) is 11.5 Å². The van der Waals surface area contributed by atoms with Crippen LogP contribution in [-0.2, 0) is 0 Å². The number of phenols is 1. The third-order valence-electron chi connectivity index (χ3n) is 2.91. The number of aromatic hydroxyl groups is 1. The lowest BCUT2D eigenvalue weighted by atomic mass is 10.0. The number of benzene rings is 1. The Morgan fingerprint density at radius 3 is 2.65 bits per heavy atom. The van der Waals surface area contributed by atoms with Crippen molar-refractivity contribution >= 4 is 5.78 Å². The van der Waals surface area contributed by atoms with E-state index in [0.29, 0.717) is 23.3 Å². The lowest BCUT2D eigenvalue weighted by Crippen LogP contribution is -2.01. The zero-order valence-corrected chi connectivity index (χ0v) is 10.7. The SMILES string of the molecule is CCCCCC(=O)c1ccc(OC)c(C)c1O. The van der Waals surface area contributed by atoms with E-state index in [2.05, 4.69) is 6.92 Å². The Labute approximate surface area is 102 Å². The Hall–Kier alpha value is -1.51. The van der Waals surface area contributed by atoms with Gasteiger partial charge in [0.1, 0.15) is 11.5 Å². The van der Waals surface area contributed by atoms with Crippen molar-refractivity contribution < 1.29 is 14.6 Å². The molecule has 0 amide bonds. The highest BCUT2D eigenvalue weighted by Crippen LogP contribution is 2.31. The molecule has 0 atom stereocenters. The normalized spacial score (nSPS) is 10.3. The number of ketones is 1. The van der Waals surface area contributed by atoms with Crippen LogP contribution in [0.4, 0.5) is 0 Å². The molecule has 1 N–H and O–H groups in total. The van der Waals surface area contributed by atoms with Gasteiger partial charge in [-0.05, 0) is 25.5 Å². The highest BCUT2D eigenvalue weighted by molar-refractivity contribution is 5.99. The molecule has 1 aromatic rings. The van der Waals surface area contributed by atoms with Gasteiger partial charge in [0.15, 0.2) is 5.78 Å². The smallest absolute Gasteiger partial charge is 0.166 e. The first-order valence-electron chi connectivity index (χ1n) is 6.01. The van der Waals surface area contributed by atoms with E-state index in [-0.39, 0.29) is 11.5 Å². The van der Waals surface area contributed by atoms with Crippen LogP contribution in [0.1, 0.15) is 48.5 Å². The molecule has 3 nitrogen and oxygen atoms in total. The summed E-state index contributed by atoms with van der Waals surface area (Å²) in [4.78, 5) is 11.9. The molecule has 1 aromatic carbocycles. The molecule has 0 heterocycles. The molecule has 0 spiro atoms. The molecule has 0 bridgehead atoms. The maximum atomic E-state index is 11.9. The van der Waals surface area contributed by atoms with E-state index < -0.39 is 0 Å². The molecule has 0 aromatic heterocycles. The lowest BCUT2D eigenvalue weighted by Gasteiger charge is -2.10. The van der Waals surface area contributed by atoms with Crippen molar-refractivity contribution in [2.45, 2.75) is 39.5 Å². The second-order valence-electron chi connectivity index (χ2n) is 4.17. The average Bonchev–Trinajstić information content (AvgIpc) is 2.32.